The number of anilines is 1. The molecule has 1 aromatic heterocycles. The Kier molecular flexibility index (Phi) is 4.02. The molecule has 1 saturated heterocycles. The molecule has 22 heavy (non-hydrogen) atoms. The molecule has 116 valence electrons. The van der Waals surface area contributed by atoms with Gasteiger partial charge in [-0.2, -0.15) is 0 Å². The van der Waals surface area contributed by atoms with E-state index in [1.54, 1.807) is 11.8 Å². The normalized spacial score (nSPS) is 18.0. The van der Waals surface area contributed by atoms with E-state index in [1.165, 1.54) is 11.3 Å². The highest BCUT2D eigenvalue weighted by Crippen LogP contribution is 2.29. The molecule has 0 aliphatic carbocycles. The standard InChI is InChI=1S/C16H18N2O3S/c1-3-21-16(20)14-9-10-8-11(4-5-13(10)22-14)17-12-6-7-18(2)15(12)19/h4-5,8-9,12,17H,3,6-7H2,1-2H3/t12-/m1/s1. The van der Waals surface area contributed by atoms with Crippen LogP contribution in [0.5, 0.6) is 0 Å². The molecule has 3 rings (SSSR count). The minimum Gasteiger partial charge on any atom is -0.462 e. The molecule has 5 nitrogen and oxygen atoms in total. The number of benzene rings is 1. The van der Waals surface area contributed by atoms with Gasteiger partial charge in [-0.1, -0.05) is 0 Å². The molecule has 6 heteroatoms. The lowest BCUT2D eigenvalue weighted by Gasteiger charge is -2.13. The van der Waals surface area contributed by atoms with Gasteiger partial charge in [0.25, 0.3) is 0 Å². The SMILES string of the molecule is CCOC(=O)c1cc2cc(N[C@@H]3CCN(C)C3=O)ccc2s1. The number of nitrogens with one attached hydrogen (secondary N) is 1. The predicted molar refractivity (Wildman–Crippen MR) is 87.4 cm³/mol. The molecule has 0 bridgehead atoms. The summed E-state index contributed by atoms with van der Waals surface area (Å²) in [6.45, 7) is 2.95. The number of thiophene rings is 1. The molecular formula is C16H18N2O3S. The number of hydrogen-bond donors (Lipinski definition) is 1. The highest BCUT2D eigenvalue weighted by molar-refractivity contribution is 7.20. The third-order valence-electron chi connectivity index (χ3n) is 3.76. The van der Waals surface area contributed by atoms with Crippen LogP contribution in [0.2, 0.25) is 0 Å². The van der Waals surface area contributed by atoms with Gasteiger partial charge < -0.3 is 15.0 Å². The van der Waals surface area contributed by atoms with Crippen LogP contribution >= 0.6 is 11.3 Å². The van der Waals surface area contributed by atoms with E-state index in [1.807, 2.05) is 31.3 Å². The summed E-state index contributed by atoms with van der Waals surface area (Å²) >= 11 is 1.42. The summed E-state index contributed by atoms with van der Waals surface area (Å²) in [4.78, 5) is 26.1. The van der Waals surface area contributed by atoms with Crippen molar-refractivity contribution in [1.29, 1.82) is 0 Å². The maximum absolute atomic E-state index is 11.9. The highest BCUT2D eigenvalue weighted by atomic mass is 32.1. The summed E-state index contributed by atoms with van der Waals surface area (Å²) in [5.74, 6) is -0.163. The molecule has 1 aliphatic rings. The quantitative estimate of drug-likeness (QED) is 0.881. The second-order valence-corrected chi connectivity index (χ2v) is 6.41. The summed E-state index contributed by atoms with van der Waals surface area (Å²) < 4.78 is 6.06. The van der Waals surface area contributed by atoms with Crippen LogP contribution in [0.25, 0.3) is 10.1 Å². The van der Waals surface area contributed by atoms with Gasteiger partial charge in [0, 0.05) is 24.0 Å². The number of rotatable bonds is 4. The summed E-state index contributed by atoms with van der Waals surface area (Å²) in [5.41, 5.74) is 0.898. The van der Waals surface area contributed by atoms with Crippen molar-refractivity contribution in [1.82, 2.24) is 4.90 Å². The van der Waals surface area contributed by atoms with E-state index >= 15 is 0 Å². The lowest BCUT2D eigenvalue weighted by molar-refractivity contribution is -0.127. The van der Waals surface area contributed by atoms with Crippen molar-refractivity contribution in [2.45, 2.75) is 19.4 Å². The number of ether oxygens (including phenoxy) is 1. The fourth-order valence-corrected chi connectivity index (χ4v) is 3.53. The maximum atomic E-state index is 11.9. The number of esters is 1. The van der Waals surface area contributed by atoms with Gasteiger partial charge in [0.2, 0.25) is 5.91 Å². The first kappa shape index (κ1) is 14.8. The van der Waals surface area contributed by atoms with Crippen molar-refractivity contribution in [2.75, 3.05) is 25.5 Å². The van der Waals surface area contributed by atoms with Gasteiger partial charge in [-0.3, -0.25) is 4.79 Å². The number of hydrogen-bond acceptors (Lipinski definition) is 5. The topological polar surface area (TPSA) is 58.6 Å². The van der Waals surface area contributed by atoms with Crippen LogP contribution in [0.1, 0.15) is 23.0 Å². The number of fused-ring (bicyclic) bond motifs is 1. The number of likely N-dealkylation sites (tertiary alicyclic amines) is 1. The molecule has 1 atom stereocenters. The molecule has 0 unspecified atom stereocenters. The van der Waals surface area contributed by atoms with Gasteiger partial charge in [-0.25, -0.2) is 4.79 Å². The van der Waals surface area contributed by atoms with Crippen molar-refractivity contribution in [3.05, 3.63) is 29.1 Å². The van der Waals surface area contributed by atoms with Crippen LogP contribution in [0, 0.1) is 0 Å². The molecule has 0 saturated carbocycles. The molecule has 1 amide bonds. The van der Waals surface area contributed by atoms with Crippen LogP contribution in [0.3, 0.4) is 0 Å². The molecule has 0 radical (unpaired) electrons. The zero-order valence-corrected chi connectivity index (χ0v) is 13.4. The lowest BCUT2D eigenvalue weighted by atomic mass is 10.2. The minimum absolute atomic E-state index is 0.123. The van der Waals surface area contributed by atoms with E-state index in [0.717, 1.165) is 28.7 Å². The first-order valence-corrected chi connectivity index (χ1v) is 8.12. The van der Waals surface area contributed by atoms with Gasteiger partial charge in [0.05, 0.1) is 6.61 Å². The molecule has 2 heterocycles. The van der Waals surface area contributed by atoms with E-state index in [9.17, 15) is 9.59 Å². The number of carbonyl (C=O) groups excluding carboxylic acids is 2. The average molecular weight is 318 g/mol. The van der Waals surface area contributed by atoms with Crippen molar-refractivity contribution in [3.63, 3.8) is 0 Å². The fraction of sp³-hybridized carbons (Fsp3) is 0.375. The second kappa shape index (κ2) is 5.96. The van der Waals surface area contributed by atoms with Crippen LogP contribution in [-0.4, -0.2) is 43.0 Å². The Morgan fingerprint density at radius 1 is 1.45 bits per heavy atom. The number of carbonyl (C=O) groups is 2. The molecule has 1 aromatic carbocycles. The highest BCUT2D eigenvalue weighted by Gasteiger charge is 2.28. The third-order valence-corrected chi connectivity index (χ3v) is 4.86. The smallest absolute Gasteiger partial charge is 0.348 e. The zero-order valence-electron chi connectivity index (χ0n) is 12.6. The monoisotopic (exact) mass is 318 g/mol. The maximum Gasteiger partial charge on any atom is 0.348 e. The van der Waals surface area contributed by atoms with Crippen LogP contribution < -0.4 is 5.32 Å². The molecule has 1 N–H and O–H groups in total. The van der Waals surface area contributed by atoms with Crippen molar-refractivity contribution >= 4 is 39.0 Å². The summed E-state index contributed by atoms with van der Waals surface area (Å²) in [5, 5.41) is 4.26. The van der Waals surface area contributed by atoms with E-state index in [-0.39, 0.29) is 17.9 Å². The van der Waals surface area contributed by atoms with E-state index < -0.39 is 0 Å². The Morgan fingerprint density at radius 3 is 2.95 bits per heavy atom. The van der Waals surface area contributed by atoms with Gasteiger partial charge >= 0.3 is 5.97 Å². The third kappa shape index (κ3) is 2.78. The minimum atomic E-state index is -0.286. The van der Waals surface area contributed by atoms with Crippen molar-refractivity contribution in [2.24, 2.45) is 0 Å². The van der Waals surface area contributed by atoms with Crippen molar-refractivity contribution in [3.8, 4) is 0 Å². The van der Waals surface area contributed by atoms with E-state index in [2.05, 4.69) is 5.32 Å². The Hall–Kier alpha value is -2.08. The van der Waals surface area contributed by atoms with E-state index in [0.29, 0.717) is 11.5 Å². The average Bonchev–Trinajstić information content (AvgIpc) is 3.06. The summed E-state index contributed by atoms with van der Waals surface area (Å²) in [7, 11) is 1.82. The molecule has 2 aromatic rings. The lowest BCUT2D eigenvalue weighted by Crippen LogP contribution is -2.30. The van der Waals surface area contributed by atoms with E-state index in [4.69, 9.17) is 4.74 Å². The number of nitrogens with zero attached hydrogens (tertiary/aromatic N) is 1. The predicted octanol–water partition coefficient (Wildman–Crippen LogP) is 2.72. The van der Waals surface area contributed by atoms with Crippen LogP contribution in [0.4, 0.5) is 5.69 Å². The second-order valence-electron chi connectivity index (χ2n) is 5.33. The Morgan fingerprint density at radius 2 is 2.27 bits per heavy atom. The number of amides is 1. The van der Waals surface area contributed by atoms with Crippen molar-refractivity contribution < 1.29 is 14.3 Å². The van der Waals surface area contributed by atoms with Gasteiger partial charge in [-0.15, -0.1) is 11.3 Å². The number of likely N-dealkylation sites (N-methyl/N-ethyl adjacent to an activating group) is 1. The van der Waals surface area contributed by atoms with Crippen LogP contribution in [0.15, 0.2) is 24.3 Å². The van der Waals surface area contributed by atoms with Gasteiger partial charge in [0.1, 0.15) is 10.9 Å². The van der Waals surface area contributed by atoms with Gasteiger partial charge in [-0.05, 0) is 43.0 Å². The molecule has 0 spiro atoms. The summed E-state index contributed by atoms with van der Waals surface area (Å²) in [6.07, 6.45) is 0.811. The largest absolute Gasteiger partial charge is 0.462 e. The van der Waals surface area contributed by atoms with Crippen LogP contribution in [-0.2, 0) is 9.53 Å². The Balaban J connectivity index is 1.81. The van der Waals surface area contributed by atoms with Gasteiger partial charge in [0.15, 0.2) is 0 Å². The fourth-order valence-electron chi connectivity index (χ4n) is 2.59. The Labute approximate surface area is 132 Å². The molecule has 1 fully saturated rings. The first-order valence-electron chi connectivity index (χ1n) is 7.30. The Bertz CT molecular complexity index is 725. The first-order chi connectivity index (χ1) is 10.6. The summed E-state index contributed by atoms with van der Waals surface area (Å²) in [6, 6.07) is 7.56. The molecule has 1 aliphatic heterocycles. The zero-order chi connectivity index (χ0) is 15.7. The molecular weight excluding hydrogens is 300 g/mol.